The van der Waals surface area contributed by atoms with E-state index in [9.17, 15) is 5.26 Å². The van der Waals surface area contributed by atoms with Crippen LogP contribution in [0.25, 0.3) is 0 Å². The molecule has 3 heteroatoms. The minimum Gasteiger partial charge on any atom is -0.487 e. The molecule has 2 heterocycles. The van der Waals surface area contributed by atoms with Gasteiger partial charge in [0.2, 0.25) is 0 Å². The van der Waals surface area contributed by atoms with Crippen molar-refractivity contribution in [3.63, 3.8) is 0 Å². The minimum absolute atomic E-state index is 0.0432. The summed E-state index contributed by atoms with van der Waals surface area (Å²) in [5.41, 5.74) is 0.144. The number of rotatable bonds is 0. The Kier molecular flexibility index (Phi) is 2.62. The fourth-order valence-corrected chi connectivity index (χ4v) is 3.25. The normalized spacial score (nSPS) is 35.5. The highest BCUT2D eigenvalue weighted by atomic mass is 16.5. The summed E-state index contributed by atoms with van der Waals surface area (Å²) < 4.78 is 12.3. The molecule has 0 unspecified atom stereocenters. The van der Waals surface area contributed by atoms with E-state index in [0.29, 0.717) is 5.92 Å². The van der Waals surface area contributed by atoms with Crippen molar-refractivity contribution in [3.8, 4) is 11.8 Å². The van der Waals surface area contributed by atoms with E-state index in [1.807, 2.05) is 31.2 Å². The van der Waals surface area contributed by atoms with Crippen molar-refractivity contribution in [1.29, 1.82) is 5.26 Å². The Hall–Kier alpha value is -1.53. The van der Waals surface area contributed by atoms with Gasteiger partial charge in [0.05, 0.1) is 12.2 Å². The molecular weight excluding hydrogens is 238 g/mol. The lowest BCUT2D eigenvalue weighted by Gasteiger charge is -2.49. The van der Waals surface area contributed by atoms with Crippen molar-refractivity contribution in [3.05, 3.63) is 29.8 Å². The molecule has 3 rings (SSSR count). The first kappa shape index (κ1) is 12.5. The topological polar surface area (TPSA) is 42.2 Å². The van der Waals surface area contributed by atoms with E-state index in [4.69, 9.17) is 9.47 Å². The Bertz CT molecular complexity index is 546. The first-order valence-corrected chi connectivity index (χ1v) is 6.82. The molecule has 0 spiro atoms. The fraction of sp³-hybridized carbons (Fsp3) is 0.562. The molecule has 0 bridgehead atoms. The maximum atomic E-state index is 9.31. The number of para-hydroxylation sites is 1. The lowest BCUT2D eigenvalue weighted by molar-refractivity contribution is -0.169. The van der Waals surface area contributed by atoms with Gasteiger partial charge in [-0.15, -0.1) is 0 Å². The number of hydrogen-bond acceptors (Lipinski definition) is 3. The van der Waals surface area contributed by atoms with Crippen LogP contribution in [0.5, 0.6) is 5.75 Å². The summed E-state index contributed by atoms with van der Waals surface area (Å²) in [6.07, 6.45) is 1.67. The molecule has 0 radical (unpaired) electrons. The number of nitriles is 1. The molecule has 2 aliphatic heterocycles. The number of fused-ring (bicyclic) bond motifs is 3. The van der Waals surface area contributed by atoms with Crippen LogP contribution in [-0.2, 0) is 4.74 Å². The second-order valence-electron chi connectivity index (χ2n) is 6.27. The van der Waals surface area contributed by atoms with Gasteiger partial charge < -0.3 is 9.47 Å². The van der Waals surface area contributed by atoms with Crippen molar-refractivity contribution in [2.45, 2.75) is 50.9 Å². The van der Waals surface area contributed by atoms with Crippen LogP contribution in [0, 0.1) is 17.2 Å². The molecule has 100 valence electrons. The second-order valence-corrected chi connectivity index (χ2v) is 6.27. The van der Waals surface area contributed by atoms with Crippen molar-refractivity contribution in [1.82, 2.24) is 0 Å². The van der Waals surface area contributed by atoms with Crippen LogP contribution in [0.1, 0.15) is 45.3 Å². The summed E-state index contributed by atoms with van der Waals surface area (Å²) in [6, 6.07) is 10.3. The molecule has 1 aromatic carbocycles. The standard InChI is InChI=1S/C16H19NO2/c1-15(2)12-8-9-16(3,10-17)19-14(12)11-6-4-5-7-13(11)18-15/h4-7,12,14H,8-9H2,1-3H3/t12-,14+,16+/m1/s1. The lowest BCUT2D eigenvalue weighted by Crippen LogP contribution is -2.50. The fourth-order valence-electron chi connectivity index (χ4n) is 3.25. The molecule has 0 aliphatic carbocycles. The third kappa shape index (κ3) is 1.91. The Morgan fingerprint density at radius 1 is 1.26 bits per heavy atom. The van der Waals surface area contributed by atoms with E-state index >= 15 is 0 Å². The van der Waals surface area contributed by atoms with Gasteiger partial charge in [0, 0.05) is 11.5 Å². The summed E-state index contributed by atoms with van der Waals surface area (Å²) in [6.45, 7) is 6.10. The molecule has 19 heavy (non-hydrogen) atoms. The van der Waals surface area contributed by atoms with Crippen LogP contribution < -0.4 is 4.74 Å². The SMILES string of the molecule is CC1(C)Oc2ccccc2[C@@H]2O[C@](C)(C#N)CC[C@H]21. The number of nitrogens with zero attached hydrogens (tertiary/aromatic N) is 1. The number of ether oxygens (including phenoxy) is 2. The van der Waals surface area contributed by atoms with E-state index in [0.717, 1.165) is 24.2 Å². The quantitative estimate of drug-likeness (QED) is 0.713. The largest absolute Gasteiger partial charge is 0.487 e. The molecule has 3 atom stereocenters. The van der Waals surface area contributed by atoms with Gasteiger partial charge in [-0.1, -0.05) is 18.2 Å². The van der Waals surface area contributed by atoms with Crippen molar-refractivity contribution in [2.24, 2.45) is 5.92 Å². The molecule has 1 fully saturated rings. The van der Waals surface area contributed by atoms with Crippen molar-refractivity contribution < 1.29 is 9.47 Å². The summed E-state index contributed by atoms with van der Waals surface area (Å²) in [5.74, 6) is 1.18. The minimum atomic E-state index is -0.679. The molecule has 0 aromatic heterocycles. The predicted molar refractivity (Wildman–Crippen MR) is 71.7 cm³/mol. The van der Waals surface area contributed by atoms with Crippen LogP contribution >= 0.6 is 0 Å². The summed E-state index contributed by atoms with van der Waals surface area (Å²) in [5, 5.41) is 9.31. The van der Waals surface area contributed by atoms with Gasteiger partial charge in [-0.05, 0) is 39.7 Å². The van der Waals surface area contributed by atoms with Crippen molar-refractivity contribution >= 4 is 0 Å². The Morgan fingerprint density at radius 3 is 2.74 bits per heavy atom. The van der Waals surface area contributed by atoms with Gasteiger partial charge in [0.25, 0.3) is 0 Å². The first-order valence-electron chi connectivity index (χ1n) is 6.82. The molecule has 3 nitrogen and oxygen atoms in total. The second kappa shape index (κ2) is 3.98. The summed E-state index contributed by atoms with van der Waals surface area (Å²) in [4.78, 5) is 0. The lowest BCUT2D eigenvalue weighted by atomic mass is 9.73. The molecule has 0 N–H and O–H groups in total. The van der Waals surface area contributed by atoms with Gasteiger partial charge in [0.15, 0.2) is 5.60 Å². The van der Waals surface area contributed by atoms with Gasteiger partial charge in [-0.2, -0.15) is 5.26 Å². The van der Waals surface area contributed by atoms with Gasteiger partial charge in [-0.3, -0.25) is 0 Å². The third-order valence-corrected chi connectivity index (χ3v) is 4.41. The highest BCUT2D eigenvalue weighted by Crippen LogP contribution is 2.52. The Morgan fingerprint density at radius 2 is 2.00 bits per heavy atom. The van der Waals surface area contributed by atoms with Crippen LogP contribution in [-0.4, -0.2) is 11.2 Å². The van der Waals surface area contributed by atoms with E-state index in [-0.39, 0.29) is 11.7 Å². The maximum absolute atomic E-state index is 9.31. The van der Waals surface area contributed by atoms with Crippen LogP contribution in [0.4, 0.5) is 0 Å². The zero-order valence-corrected chi connectivity index (χ0v) is 11.6. The van der Waals surface area contributed by atoms with Gasteiger partial charge in [0.1, 0.15) is 11.4 Å². The van der Waals surface area contributed by atoms with E-state index in [2.05, 4.69) is 19.9 Å². The van der Waals surface area contributed by atoms with E-state index in [1.165, 1.54) is 0 Å². The number of benzene rings is 1. The zero-order valence-electron chi connectivity index (χ0n) is 11.6. The maximum Gasteiger partial charge on any atom is 0.152 e. The van der Waals surface area contributed by atoms with Gasteiger partial charge in [-0.25, -0.2) is 0 Å². The third-order valence-electron chi connectivity index (χ3n) is 4.41. The van der Waals surface area contributed by atoms with E-state index in [1.54, 1.807) is 0 Å². The Labute approximate surface area is 114 Å². The van der Waals surface area contributed by atoms with E-state index < -0.39 is 5.60 Å². The molecule has 1 saturated heterocycles. The molecular formula is C16H19NO2. The molecule has 0 amide bonds. The van der Waals surface area contributed by atoms with Crippen LogP contribution in [0.2, 0.25) is 0 Å². The average Bonchev–Trinajstić information content (AvgIpc) is 2.38. The predicted octanol–water partition coefficient (Wildman–Crippen LogP) is 3.61. The first-order chi connectivity index (χ1) is 8.95. The highest BCUT2D eigenvalue weighted by Gasteiger charge is 2.50. The summed E-state index contributed by atoms with van der Waals surface area (Å²) in [7, 11) is 0. The molecule has 0 saturated carbocycles. The zero-order chi connectivity index (χ0) is 13.7. The van der Waals surface area contributed by atoms with Crippen molar-refractivity contribution in [2.75, 3.05) is 0 Å². The number of hydrogen-bond donors (Lipinski definition) is 0. The monoisotopic (exact) mass is 257 g/mol. The summed E-state index contributed by atoms with van der Waals surface area (Å²) >= 11 is 0. The molecule has 1 aromatic rings. The van der Waals surface area contributed by atoms with Crippen LogP contribution in [0.3, 0.4) is 0 Å². The van der Waals surface area contributed by atoms with Gasteiger partial charge >= 0.3 is 0 Å². The molecule has 2 aliphatic rings. The average molecular weight is 257 g/mol. The van der Waals surface area contributed by atoms with Crippen LogP contribution in [0.15, 0.2) is 24.3 Å². The highest BCUT2D eigenvalue weighted by molar-refractivity contribution is 5.39. The Balaban J connectivity index is 2.06. The smallest absolute Gasteiger partial charge is 0.152 e.